The van der Waals surface area contributed by atoms with Crippen molar-refractivity contribution in [1.82, 2.24) is 19.5 Å². The van der Waals surface area contributed by atoms with Crippen molar-refractivity contribution in [1.29, 1.82) is 0 Å². The third-order valence-corrected chi connectivity index (χ3v) is 4.32. The van der Waals surface area contributed by atoms with Crippen molar-refractivity contribution < 1.29 is 9.47 Å². The van der Waals surface area contributed by atoms with Crippen molar-refractivity contribution in [3.8, 4) is 11.6 Å². The second-order valence-electron chi connectivity index (χ2n) is 6.22. The molecule has 0 saturated carbocycles. The summed E-state index contributed by atoms with van der Waals surface area (Å²) in [6.07, 6.45) is 0. The molecule has 2 aromatic carbocycles. The number of nitrogens with two attached hydrogens (primary N) is 1. The lowest BCUT2D eigenvalue weighted by molar-refractivity contribution is 0.297. The Hall–Kier alpha value is -3.81. The SMILES string of the molecule is COc1ccc(Cn2c(=O)[nH]c3c(OCc4ccccc4)nc(N)nc32)cc1. The van der Waals surface area contributed by atoms with Crippen LogP contribution < -0.4 is 20.9 Å². The molecule has 4 aromatic rings. The van der Waals surface area contributed by atoms with E-state index in [1.165, 1.54) is 4.57 Å². The van der Waals surface area contributed by atoms with Gasteiger partial charge in [0.05, 0.1) is 13.7 Å². The van der Waals surface area contributed by atoms with Crippen molar-refractivity contribution in [2.24, 2.45) is 0 Å². The fourth-order valence-electron chi connectivity index (χ4n) is 2.91. The van der Waals surface area contributed by atoms with Gasteiger partial charge in [0.25, 0.3) is 0 Å². The predicted molar refractivity (Wildman–Crippen MR) is 105 cm³/mol. The number of hydrogen-bond acceptors (Lipinski definition) is 6. The van der Waals surface area contributed by atoms with Crippen LogP contribution in [0.5, 0.6) is 11.6 Å². The molecule has 0 bridgehead atoms. The van der Waals surface area contributed by atoms with E-state index in [9.17, 15) is 4.79 Å². The molecule has 0 saturated heterocycles. The van der Waals surface area contributed by atoms with E-state index in [2.05, 4.69) is 15.0 Å². The molecule has 2 aromatic heterocycles. The van der Waals surface area contributed by atoms with Gasteiger partial charge in [0, 0.05) is 0 Å². The van der Waals surface area contributed by atoms with Gasteiger partial charge in [-0.25, -0.2) is 4.79 Å². The Kier molecular flexibility index (Phi) is 4.67. The van der Waals surface area contributed by atoms with Crippen LogP contribution >= 0.6 is 0 Å². The van der Waals surface area contributed by atoms with Gasteiger partial charge in [-0.15, -0.1) is 0 Å². The zero-order valence-electron chi connectivity index (χ0n) is 15.3. The summed E-state index contributed by atoms with van der Waals surface area (Å²) in [5.41, 5.74) is 8.27. The van der Waals surface area contributed by atoms with E-state index < -0.39 is 0 Å². The molecule has 0 aliphatic heterocycles. The van der Waals surface area contributed by atoms with E-state index in [0.29, 0.717) is 24.3 Å². The largest absolute Gasteiger partial charge is 0.497 e. The normalized spacial score (nSPS) is 10.9. The minimum Gasteiger partial charge on any atom is -0.497 e. The highest BCUT2D eigenvalue weighted by molar-refractivity contribution is 5.77. The van der Waals surface area contributed by atoms with Crippen LogP contribution in [0.3, 0.4) is 0 Å². The maximum absolute atomic E-state index is 12.5. The van der Waals surface area contributed by atoms with Crippen LogP contribution in [-0.2, 0) is 13.2 Å². The molecule has 0 atom stereocenters. The maximum Gasteiger partial charge on any atom is 0.328 e. The van der Waals surface area contributed by atoms with E-state index in [1.54, 1.807) is 7.11 Å². The minimum atomic E-state index is -0.310. The highest BCUT2D eigenvalue weighted by atomic mass is 16.5. The second kappa shape index (κ2) is 7.43. The summed E-state index contributed by atoms with van der Waals surface area (Å²) in [6, 6.07) is 17.1. The topological polar surface area (TPSA) is 108 Å². The van der Waals surface area contributed by atoms with Crippen LogP contribution in [0.4, 0.5) is 5.95 Å². The van der Waals surface area contributed by atoms with Gasteiger partial charge in [-0.3, -0.25) is 9.55 Å². The summed E-state index contributed by atoms with van der Waals surface area (Å²) in [7, 11) is 1.61. The first-order chi connectivity index (χ1) is 13.6. The number of imidazole rings is 1. The Balaban J connectivity index is 1.67. The Morgan fingerprint density at radius 2 is 1.79 bits per heavy atom. The van der Waals surface area contributed by atoms with Crippen LogP contribution in [0, 0.1) is 0 Å². The van der Waals surface area contributed by atoms with Gasteiger partial charge in [0.15, 0.2) is 5.65 Å². The number of benzene rings is 2. The molecule has 0 spiro atoms. The van der Waals surface area contributed by atoms with Gasteiger partial charge in [-0.1, -0.05) is 42.5 Å². The predicted octanol–water partition coefficient (Wildman–Crippen LogP) is 2.34. The van der Waals surface area contributed by atoms with Crippen molar-refractivity contribution in [2.45, 2.75) is 13.2 Å². The number of fused-ring (bicyclic) bond motifs is 1. The average Bonchev–Trinajstić information content (AvgIpc) is 3.03. The molecule has 28 heavy (non-hydrogen) atoms. The molecular weight excluding hydrogens is 358 g/mol. The monoisotopic (exact) mass is 377 g/mol. The molecule has 0 radical (unpaired) electrons. The summed E-state index contributed by atoms with van der Waals surface area (Å²) < 4.78 is 12.5. The number of ether oxygens (including phenoxy) is 2. The van der Waals surface area contributed by atoms with Gasteiger partial charge in [-0.05, 0) is 23.3 Å². The van der Waals surface area contributed by atoms with Crippen molar-refractivity contribution >= 4 is 17.1 Å². The highest BCUT2D eigenvalue weighted by Gasteiger charge is 2.16. The van der Waals surface area contributed by atoms with E-state index >= 15 is 0 Å². The lowest BCUT2D eigenvalue weighted by Crippen LogP contribution is -2.17. The summed E-state index contributed by atoms with van der Waals surface area (Å²) >= 11 is 0. The van der Waals surface area contributed by atoms with Crippen LogP contribution in [0.25, 0.3) is 11.2 Å². The summed E-state index contributed by atoms with van der Waals surface area (Å²) in [4.78, 5) is 23.7. The third kappa shape index (κ3) is 3.52. The standard InChI is InChI=1S/C20H19N5O3/c1-27-15-9-7-13(8-10-15)11-25-17-16(22-20(25)26)18(24-19(21)23-17)28-12-14-5-3-2-4-6-14/h2-10H,11-12H2,1H3,(H,22,26)(H2,21,23,24). The Morgan fingerprint density at radius 1 is 1.04 bits per heavy atom. The molecule has 8 nitrogen and oxygen atoms in total. The van der Waals surface area contributed by atoms with Gasteiger partial charge >= 0.3 is 5.69 Å². The van der Waals surface area contributed by atoms with Gasteiger partial charge < -0.3 is 15.2 Å². The van der Waals surface area contributed by atoms with Crippen LogP contribution in [0.2, 0.25) is 0 Å². The van der Waals surface area contributed by atoms with Crippen molar-refractivity contribution in [3.05, 3.63) is 76.2 Å². The number of hydrogen-bond donors (Lipinski definition) is 2. The van der Waals surface area contributed by atoms with E-state index in [0.717, 1.165) is 16.9 Å². The number of rotatable bonds is 6. The van der Waals surface area contributed by atoms with Gasteiger partial charge in [-0.2, -0.15) is 9.97 Å². The molecule has 142 valence electrons. The molecule has 0 aliphatic carbocycles. The Labute approximate surface area is 160 Å². The molecule has 3 N–H and O–H groups in total. The number of nitrogen functional groups attached to an aromatic ring is 1. The Bertz CT molecular complexity index is 1150. The summed E-state index contributed by atoms with van der Waals surface area (Å²) in [5.74, 6) is 1.04. The molecular formula is C20H19N5O3. The lowest BCUT2D eigenvalue weighted by atomic mass is 10.2. The number of aromatic amines is 1. The highest BCUT2D eigenvalue weighted by Crippen LogP contribution is 2.22. The smallest absolute Gasteiger partial charge is 0.328 e. The fraction of sp³-hybridized carbons (Fsp3) is 0.150. The van der Waals surface area contributed by atoms with E-state index in [-0.39, 0.29) is 17.5 Å². The first kappa shape index (κ1) is 17.6. The molecule has 0 amide bonds. The zero-order chi connectivity index (χ0) is 19.5. The first-order valence-corrected chi connectivity index (χ1v) is 8.69. The first-order valence-electron chi connectivity index (χ1n) is 8.69. The number of nitrogens with zero attached hydrogens (tertiary/aromatic N) is 3. The van der Waals surface area contributed by atoms with Crippen LogP contribution in [0.1, 0.15) is 11.1 Å². The zero-order valence-corrected chi connectivity index (χ0v) is 15.3. The quantitative estimate of drug-likeness (QED) is 0.534. The molecule has 0 unspecified atom stereocenters. The van der Waals surface area contributed by atoms with Crippen LogP contribution in [-0.4, -0.2) is 26.6 Å². The number of aromatic nitrogens is 4. The fourth-order valence-corrected chi connectivity index (χ4v) is 2.91. The molecule has 4 rings (SSSR count). The minimum absolute atomic E-state index is 0.0399. The number of nitrogens with one attached hydrogen (secondary N) is 1. The molecule has 0 aliphatic rings. The number of H-pyrrole nitrogens is 1. The molecule has 2 heterocycles. The number of anilines is 1. The average molecular weight is 377 g/mol. The van der Waals surface area contributed by atoms with Crippen molar-refractivity contribution in [2.75, 3.05) is 12.8 Å². The molecule has 0 fully saturated rings. The van der Waals surface area contributed by atoms with Crippen LogP contribution in [0.15, 0.2) is 59.4 Å². The second-order valence-corrected chi connectivity index (χ2v) is 6.22. The van der Waals surface area contributed by atoms with E-state index in [4.69, 9.17) is 15.2 Å². The summed E-state index contributed by atoms with van der Waals surface area (Å²) in [6.45, 7) is 0.634. The third-order valence-electron chi connectivity index (χ3n) is 4.32. The number of methoxy groups -OCH3 is 1. The Morgan fingerprint density at radius 3 is 2.50 bits per heavy atom. The van der Waals surface area contributed by atoms with Gasteiger partial charge in [0.2, 0.25) is 11.8 Å². The van der Waals surface area contributed by atoms with E-state index in [1.807, 2.05) is 54.6 Å². The molecule has 8 heteroatoms. The lowest BCUT2D eigenvalue weighted by Gasteiger charge is -2.08. The van der Waals surface area contributed by atoms with Gasteiger partial charge in [0.1, 0.15) is 17.9 Å². The maximum atomic E-state index is 12.5. The van der Waals surface area contributed by atoms with Crippen molar-refractivity contribution in [3.63, 3.8) is 0 Å². The summed E-state index contributed by atoms with van der Waals surface area (Å²) in [5, 5.41) is 0.